The second-order valence-corrected chi connectivity index (χ2v) is 7.52. The summed E-state index contributed by atoms with van der Waals surface area (Å²) in [6.45, 7) is 1.44. The van der Waals surface area contributed by atoms with Gasteiger partial charge in [0.1, 0.15) is 11.5 Å². The van der Waals surface area contributed by atoms with Crippen LogP contribution in [0.1, 0.15) is 30.9 Å². The fourth-order valence-corrected chi connectivity index (χ4v) is 4.37. The topological polar surface area (TPSA) is 80.8 Å². The van der Waals surface area contributed by atoms with Crippen molar-refractivity contribution in [2.45, 2.75) is 37.9 Å². The number of hydrogen-bond donors (Lipinski definition) is 0. The van der Waals surface area contributed by atoms with Gasteiger partial charge in [0.15, 0.2) is 10.9 Å². The number of benzene rings is 1. The number of amides is 1. The summed E-state index contributed by atoms with van der Waals surface area (Å²) < 4.78 is 5.40. The van der Waals surface area contributed by atoms with Gasteiger partial charge in [0.05, 0.1) is 31.0 Å². The molecule has 0 bridgehead atoms. The molecule has 0 radical (unpaired) electrons. The van der Waals surface area contributed by atoms with Crippen LogP contribution in [0.15, 0.2) is 12.1 Å². The molecule has 0 saturated carbocycles. The minimum atomic E-state index is -0.371. The van der Waals surface area contributed by atoms with E-state index in [0.29, 0.717) is 30.7 Å². The first-order valence-corrected chi connectivity index (χ1v) is 8.99. The van der Waals surface area contributed by atoms with Crippen LogP contribution in [0.5, 0.6) is 5.75 Å². The molecule has 25 heavy (non-hydrogen) atoms. The zero-order valence-electron chi connectivity index (χ0n) is 14.2. The van der Waals surface area contributed by atoms with Gasteiger partial charge in [-0.3, -0.25) is 19.2 Å². The van der Waals surface area contributed by atoms with E-state index in [-0.39, 0.29) is 40.8 Å². The van der Waals surface area contributed by atoms with E-state index >= 15 is 0 Å². The van der Waals surface area contributed by atoms with Gasteiger partial charge < -0.3 is 9.64 Å². The van der Waals surface area contributed by atoms with Crippen molar-refractivity contribution >= 4 is 40.0 Å². The molecule has 1 atom stereocenters. The van der Waals surface area contributed by atoms with Crippen LogP contribution in [0.4, 0.5) is 5.69 Å². The second kappa shape index (κ2) is 7.00. The normalized spacial score (nSPS) is 20.0. The third-order valence-corrected chi connectivity index (χ3v) is 5.58. The fourth-order valence-electron chi connectivity index (χ4n) is 3.35. The van der Waals surface area contributed by atoms with Gasteiger partial charge in [0, 0.05) is 6.42 Å². The van der Waals surface area contributed by atoms with E-state index in [1.54, 1.807) is 6.07 Å². The summed E-state index contributed by atoms with van der Waals surface area (Å²) in [5.41, 5.74) is 2.47. The maximum atomic E-state index is 12.3. The van der Waals surface area contributed by atoms with Gasteiger partial charge in [-0.05, 0) is 37.0 Å². The summed E-state index contributed by atoms with van der Waals surface area (Å²) in [6, 6.07) is 3.64. The van der Waals surface area contributed by atoms with Crippen molar-refractivity contribution in [2.24, 2.45) is 0 Å². The van der Waals surface area contributed by atoms with E-state index in [4.69, 9.17) is 4.74 Å². The highest BCUT2D eigenvalue weighted by Gasteiger charge is 2.35. The van der Waals surface area contributed by atoms with Crippen LogP contribution in [0, 0.1) is 0 Å². The number of thioether (sulfide) groups is 1. The number of carbonyl (C=O) groups is 4. The maximum Gasteiger partial charge on any atom is 0.227 e. The summed E-state index contributed by atoms with van der Waals surface area (Å²) in [6.07, 6.45) is 1.28. The molecule has 1 fully saturated rings. The van der Waals surface area contributed by atoms with Crippen molar-refractivity contribution in [1.29, 1.82) is 0 Å². The first-order valence-electron chi connectivity index (χ1n) is 8.11. The van der Waals surface area contributed by atoms with Gasteiger partial charge in [-0.2, -0.15) is 0 Å². The van der Waals surface area contributed by atoms with Crippen LogP contribution in [0.3, 0.4) is 0 Å². The van der Waals surface area contributed by atoms with Crippen molar-refractivity contribution in [3.63, 3.8) is 0 Å². The third kappa shape index (κ3) is 3.46. The predicted molar refractivity (Wildman–Crippen MR) is 94.1 cm³/mol. The molecular formula is C18H19NO5S. The zero-order chi connectivity index (χ0) is 18.1. The zero-order valence-corrected chi connectivity index (χ0v) is 15.0. The fraction of sp³-hybridized carbons (Fsp3) is 0.444. The molecule has 1 unspecified atom stereocenters. The minimum Gasteiger partial charge on any atom is -0.495 e. The number of carbonyl (C=O) groups excluding carboxylic acids is 4. The molecule has 7 heteroatoms. The van der Waals surface area contributed by atoms with Crippen LogP contribution in [-0.2, 0) is 32.0 Å². The van der Waals surface area contributed by atoms with E-state index < -0.39 is 0 Å². The highest BCUT2D eigenvalue weighted by molar-refractivity contribution is 8.15. The van der Waals surface area contributed by atoms with Gasteiger partial charge in [-0.15, -0.1) is 0 Å². The van der Waals surface area contributed by atoms with E-state index in [1.165, 1.54) is 18.9 Å². The van der Waals surface area contributed by atoms with Crippen LogP contribution < -0.4 is 9.64 Å². The number of hydrogen-bond acceptors (Lipinski definition) is 6. The molecule has 132 valence electrons. The van der Waals surface area contributed by atoms with Crippen LogP contribution in [-0.4, -0.2) is 41.5 Å². The lowest BCUT2D eigenvalue weighted by molar-refractivity contribution is -0.122. The molecule has 1 amide bonds. The summed E-state index contributed by atoms with van der Waals surface area (Å²) in [7, 11) is 1.52. The molecule has 6 nitrogen and oxygen atoms in total. The number of rotatable bonds is 5. The Balaban J connectivity index is 2.01. The Morgan fingerprint density at radius 1 is 1.28 bits per heavy atom. The largest absolute Gasteiger partial charge is 0.495 e. The molecule has 2 aliphatic heterocycles. The van der Waals surface area contributed by atoms with E-state index in [1.807, 2.05) is 6.07 Å². The lowest BCUT2D eigenvalue weighted by Gasteiger charge is -2.32. The molecule has 0 aromatic heterocycles. The Bertz CT molecular complexity index is 773. The van der Waals surface area contributed by atoms with Crippen molar-refractivity contribution < 1.29 is 23.9 Å². The molecule has 1 saturated heterocycles. The number of nitrogens with zero attached hydrogens (tertiary/aromatic N) is 1. The molecule has 2 heterocycles. The predicted octanol–water partition coefficient (Wildman–Crippen LogP) is 1.71. The van der Waals surface area contributed by atoms with Crippen LogP contribution in [0.2, 0.25) is 0 Å². The average Bonchev–Trinajstić information content (AvgIpc) is 2.87. The Hall–Kier alpha value is -2.15. The summed E-state index contributed by atoms with van der Waals surface area (Å²) in [5, 5.41) is -0.463. The first kappa shape index (κ1) is 17.7. The van der Waals surface area contributed by atoms with Crippen molar-refractivity contribution in [1.82, 2.24) is 0 Å². The van der Waals surface area contributed by atoms with Crippen molar-refractivity contribution in [2.75, 3.05) is 18.6 Å². The summed E-state index contributed by atoms with van der Waals surface area (Å²) >= 11 is 1.09. The smallest absolute Gasteiger partial charge is 0.227 e. The molecular weight excluding hydrogens is 342 g/mol. The monoisotopic (exact) mass is 361 g/mol. The first-order chi connectivity index (χ1) is 11.9. The Kier molecular flexibility index (Phi) is 4.94. The second-order valence-electron chi connectivity index (χ2n) is 6.26. The highest BCUT2D eigenvalue weighted by Crippen LogP contribution is 2.40. The molecule has 0 N–H and O–H groups in total. The van der Waals surface area contributed by atoms with Gasteiger partial charge in [0.2, 0.25) is 5.91 Å². The average molecular weight is 361 g/mol. The van der Waals surface area contributed by atoms with E-state index in [0.717, 1.165) is 22.9 Å². The van der Waals surface area contributed by atoms with Crippen molar-refractivity contribution in [3.8, 4) is 5.75 Å². The Morgan fingerprint density at radius 2 is 2.04 bits per heavy atom. The number of ketones is 2. The quantitative estimate of drug-likeness (QED) is 0.743. The molecule has 0 spiro atoms. The molecule has 2 aliphatic rings. The Labute approximate surface area is 149 Å². The highest BCUT2D eigenvalue weighted by atomic mass is 32.2. The summed E-state index contributed by atoms with van der Waals surface area (Å²) in [5.74, 6) is 0.266. The number of methoxy groups -OCH3 is 1. The summed E-state index contributed by atoms with van der Waals surface area (Å²) in [4.78, 5) is 48.8. The molecule has 3 rings (SSSR count). The van der Waals surface area contributed by atoms with Gasteiger partial charge in [-0.1, -0.05) is 17.8 Å². The van der Waals surface area contributed by atoms with Gasteiger partial charge >= 0.3 is 0 Å². The van der Waals surface area contributed by atoms with E-state index in [2.05, 4.69) is 0 Å². The van der Waals surface area contributed by atoms with E-state index in [9.17, 15) is 19.2 Å². The standard InChI is InChI=1S/C18H19NO5S/c1-10(20)9-19-16(22)6-4-12-11(3-5-14(24-2)18(12)19)7-15-13(21)8-17(23)25-15/h3,5,15H,4,6-9H2,1-2H3. The minimum absolute atomic E-state index is 0.00123. The lowest BCUT2D eigenvalue weighted by atomic mass is 9.92. The van der Waals surface area contributed by atoms with Gasteiger partial charge in [-0.25, -0.2) is 0 Å². The molecule has 1 aromatic carbocycles. The maximum absolute atomic E-state index is 12.3. The number of fused-ring (bicyclic) bond motifs is 1. The number of anilines is 1. The number of Topliss-reactive ketones (excluding diaryl/α,β-unsaturated/α-hetero) is 2. The van der Waals surface area contributed by atoms with Crippen LogP contribution >= 0.6 is 11.8 Å². The SMILES string of the molecule is COc1ccc(CC2SC(=O)CC2=O)c2c1N(CC(C)=O)C(=O)CC2. The van der Waals surface area contributed by atoms with Crippen molar-refractivity contribution in [3.05, 3.63) is 23.3 Å². The van der Waals surface area contributed by atoms with Crippen LogP contribution in [0.25, 0.3) is 0 Å². The number of ether oxygens (including phenoxy) is 1. The molecule has 0 aliphatic carbocycles. The third-order valence-electron chi connectivity index (χ3n) is 4.46. The van der Waals surface area contributed by atoms with Gasteiger partial charge in [0.25, 0.3) is 0 Å². The lowest BCUT2D eigenvalue weighted by Crippen LogP contribution is -2.39. The Morgan fingerprint density at radius 3 is 2.64 bits per heavy atom. The molecule has 1 aromatic rings.